The van der Waals surface area contributed by atoms with Gasteiger partial charge in [-0.15, -0.1) is 21.5 Å². The van der Waals surface area contributed by atoms with E-state index in [1.54, 1.807) is 11.0 Å². The van der Waals surface area contributed by atoms with Crippen LogP contribution in [0, 0.1) is 19.8 Å². The average molecular weight is 384 g/mol. The van der Waals surface area contributed by atoms with Crippen molar-refractivity contribution >= 4 is 28.2 Å². The molecule has 4 rings (SSSR count). The first kappa shape index (κ1) is 17.5. The maximum absolute atomic E-state index is 12.6. The standard InChI is InChI=1S/C17H20N8OS/c1-11-12(2)27-17(20-11)21-16(26)13-4-3-7-24(8-13)14-5-6-15(23-22-14)25-10-18-9-19-25/h5-6,9-10,13H,3-4,7-8H2,1-2H3,(H,20,21,26). The first-order valence-corrected chi connectivity index (χ1v) is 9.60. The van der Waals surface area contributed by atoms with E-state index in [0.29, 0.717) is 17.5 Å². The van der Waals surface area contributed by atoms with Gasteiger partial charge in [0.25, 0.3) is 0 Å². The number of carbonyl (C=O) groups excluding carboxylic acids is 1. The molecule has 0 spiro atoms. The van der Waals surface area contributed by atoms with E-state index in [0.717, 1.165) is 35.8 Å². The maximum atomic E-state index is 12.6. The minimum Gasteiger partial charge on any atom is -0.354 e. The molecular formula is C17H20N8OS. The molecule has 3 aromatic heterocycles. The molecule has 1 N–H and O–H groups in total. The van der Waals surface area contributed by atoms with Crippen molar-refractivity contribution in [2.75, 3.05) is 23.3 Å². The molecule has 0 saturated carbocycles. The SMILES string of the molecule is Cc1nc(NC(=O)C2CCCN(c3ccc(-n4cncn4)nn3)C2)sc1C. The second kappa shape index (κ2) is 7.39. The zero-order chi connectivity index (χ0) is 18.8. The van der Waals surface area contributed by atoms with Crippen LogP contribution in [0.2, 0.25) is 0 Å². The van der Waals surface area contributed by atoms with E-state index >= 15 is 0 Å². The normalized spacial score (nSPS) is 17.1. The zero-order valence-corrected chi connectivity index (χ0v) is 16.0. The Morgan fingerprint density at radius 1 is 1.26 bits per heavy atom. The molecule has 1 aliphatic heterocycles. The summed E-state index contributed by atoms with van der Waals surface area (Å²) in [6, 6.07) is 3.75. The number of rotatable bonds is 4. The average Bonchev–Trinajstić information content (AvgIpc) is 3.32. The van der Waals surface area contributed by atoms with Crippen LogP contribution in [0.4, 0.5) is 10.9 Å². The lowest BCUT2D eigenvalue weighted by atomic mass is 9.97. The number of aromatic nitrogens is 6. The first-order valence-electron chi connectivity index (χ1n) is 8.79. The molecule has 1 amide bonds. The molecule has 140 valence electrons. The predicted molar refractivity (Wildman–Crippen MR) is 102 cm³/mol. The molecule has 0 bridgehead atoms. The Morgan fingerprint density at radius 2 is 2.07 bits per heavy atom. The summed E-state index contributed by atoms with van der Waals surface area (Å²) in [6.07, 6.45) is 4.82. The van der Waals surface area contributed by atoms with E-state index in [9.17, 15) is 4.79 Å². The van der Waals surface area contributed by atoms with E-state index in [4.69, 9.17) is 0 Å². The number of piperidine rings is 1. The molecule has 10 heteroatoms. The topological polar surface area (TPSA) is 102 Å². The van der Waals surface area contributed by atoms with Gasteiger partial charge in [0.1, 0.15) is 12.7 Å². The van der Waals surface area contributed by atoms with Crippen molar-refractivity contribution in [3.05, 3.63) is 35.4 Å². The van der Waals surface area contributed by atoms with Crippen LogP contribution < -0.4 is 10.2 Å². The fourth-order valence-corrected chi connectivity index (χ4v) is 3.89. The Balaban J connectivity index is 1.42. The van der Waals surface area contributed by atoms with Crippen LogP contribution in [0.15, 0.2) is 24.8 Å². The summed E-state index contributed by atoms with van der Waals surface area (Å²) in [5.41, 5.74) is 0.961. The monoisotopic (exact) mass is 384 g/mol. The van der Waals surface area contributed by atoms with Crippen molar-refractivity contribution in [3.8, 4) is 5.82 Å². The number of amides is 1. The van der Waals surface area contributed by atoms with Crippen molar-refractivity contribution in [1.82, 2.24) is 29.9 Å². The second-order valence-corrected chi connectivity index (χ2v) is 7.73. The smallest absolute Gasteiger partial charge is 0.231 e. The van der Waals surface area contributed by atoms with Crippen molar-refractivity contribution in [2.45, 2.75) is 26.7 Å². The van der Waals surface area contributed by atoms with Crippen LogP contribution in [0.1, 0.15) is 23.4 Å². The predicted octanol–water partition coefficient (Wildman–Crippen LogP) is 1.99. The Bertz CT molecular complexity index is 902. The van der Waals surface area contributed by atoms with Crippen molar-refractivity contribution in [1.29, 1.82) is 0 Å². The number of hydrogen-bond acceptors (Lipinski definition) is 8. The Morgan fingerprint density at radius 3 is 2.74 bits per heavy atom. The highest BCUT2D eigenvalue weighted by Crippen LogP contribution is 2.25. The quantitative estimate of drug-likeness (QED) is 0.734. The molecule has 0 aliphatic carbocycles. The fourth-order valence-electron chi connectivity index (χ4n) is 3.07. The molecule has 27 heavy (non-hydrogen) atoms. The number of nitrogens with one attached hydrogen (secondary N) is 1. The van der Waals surface area contributed by atoms with E-state index in [1.165, 1.54) is 17.7 Å². The van der Waals surface area contributed by atoms with Crippen LogP contribution in [-0.2, 0) is 4.79 Å². The summed E-state index contributed by atoms with van der Waals surface area (Å²) in [7, 11) is 0. The van der Waals surface area contributed by atoms with Gasteiger partial charge in [0.05, 0.1) is 11.6 Å². The molecule has 0 radical (unpaired) electrons. The number of thiazole rings is 1. The van der Waals surface area contributed by atoms with Gasteiger partial charge in [0.2, 0.25) is 5.91 Å². The number of anilines is 2. The first-order chi connectivity index (χ1) is 13.1. The second-order valence-electron chi connectivity index (χ2n) is 6.52. The third-order valence-electron chi connectivity index (χ3n) is 4.66. The lowest BCUT2D eigenvalue weighted by molar-refractivity contribution is -0.120. The summed E-state index contributed by atoms with van der Waals surface area (Å²) in [5, 5.41) is 16.2. The number of hydrogen-bond donors (Lipinski definition) is 1. The van der Waals surface area contributed by atoms with Crippen molar-refractivity contribution < 1.29 is 4.79 Å². The molecule has 4 heterocycles. The van der Waals surface area contributed by atoms with Crippen LogP contribution in [0.3, 0.4) is 0 Å². The molecule has 1 fully saturated rings. The van der Waals surface area contributed by atoms with Crippen LogP contribution in [0.5, 0.6) is 0 Å². The van der Waals surface area contributed by atoms with Gasteiger partial charge in [-0.3, -0.25) is 4.79 Å². The summed E-state index contributed by atoms with van der Waals surface area (Å²) in [6.45, 7) is 5.43. The van der Waals surface area contributed by atoms with Gasteiger partial charge < -0.3 is 10.2 Å². The minimum absolute atomic E-state index is 0.0145. The molecular weight excluding hydrogens is 364 g/mol. The van der Waals surface area contributed by atoms with E-state index in [2.05, 4.69) is 35.5 Å². The Kier molecular flexibility index (Phi) is 4.80. The van der Waals surface area contributed by atoms with E-state index in [-0.39, 0.29) is 11.8 Å². The summed E-state index contributed by atoms with van der Waals surface area (Å²) in [4.78, 5) is 24.2. The lowest BCUT2D eigenvalue weighted by Gasteiger charge is -2.32. The zero-order valence-electron chi connectivity index (χ0n) is 15.2. The van der Waals surface area contributed by atoms with Gasteiger partial charge in [-0.1, -0.05) is 0 Å². The van der Waals surface area contributed by atoms with Gasteiger partial charge in [-0.05, 0) is 38.8 Å². The van der Waals surface area contributed by atoms with Crippen molar-refractivity contribution in [3.63, 3.8) is 0 Å². The van der Waals surface area contributed by atoms with Gasteiger partial charge >= 0.3 is 0 Å². The summed E-state index contributed by atoms with van der Waals surface area (Å²) < 4.78 is 1.56. The van der Waals surface area contributed by atoms with Crippen LogP contribution in [0.25, 0.3) is 5.82 Å². The molecule has 3 aromatic rings. The van der Waals surface area contributed by atoms with Crippen LogP contribution in [-0.4, -0.2) is 48.9 Å². The molecule has 1 saturated heterocycles. The highest BCUT2D eigenvalue weighted by molar-refractivity contribution is 7.15. The molecule has 1 atom stereocenters. The van der Waals surface area contributed by atoms with E-state index < -0.39 is 0 Å². The molecule has 1 aliphatic rings. The van der Waals surface area contributed by atoms with Gasteiger partial charge in [0.15, 0.2) is 16.8 Å². The molecule has 9 nitrogen and oxygen atoms in total. The largest absolute Gasteiger partial charge is 0.354 e. The van der Waals surface area contributed by atoms with E-state index in [1.807, 2.05) is 26.0 Å². The number of aryl methyl sites for hydroxylation is 2. The minimum atomic E-state index is -0.0972. The third kappa shape index (κ3) is 3.80. The molecule has 0 aromatic carbocycles. The number of nitrogens with zero attached hydrogens (tertiary/aromatic N) is 7. The molecule has 1 unspecified atom stereocenters. The fraction of sp³-hybridized carbons (Fsp3) is 0.412. The number of carbonyl (C=O) groups is 1. The third-order valence-corrected chi connectivity index (χ3v) is 5.65. The van der Waals surface area contributed by atoms with Crippen LogP contribution >= 0.6 is 11.3 Å². The summed E-state index contributed by atoms with van der Waals surface area (Å²) in [5.74, 6) is 1.29. The Labute approximate surface area is 160 Å². The maximum Gasteiger partial charge on any atom is 0.231 e. The highest BCUT2D eigenvalue weighted by Gasteiger charge is 2.27. The van der Waals surface area contributed by atoms with Crippen molar-refractivity contribution in [2.24, 2.45) is 5.92 Å². The van der Waals surface area contributed by atoms with Gasteiger partial charge in [-0.25, -0.2) is 14.6 Å². The summed E-state index contributed by atoms with van der Waals surface area (Å²) >= 11 is 1.51. The van der Waals surface area contributed by atoms with Gasteiger partial charge in [0, 0.05) is 18.0 Å². The lowest BCUT2D eigenvalue weighted by Crippen LogP contribution is -2.41. The highest BCUT2D eigenvalue weighted by atomic mass is 32.1. The Hall–Kier alpha value is -2.88. The van der Waals surface area contributed by atoms with Gasteiger partial charge in [-0.2, -0.15) is 5.10 Å².